The van der Waals surface area contributed by atoms with E-state index in [2.05, 4.69) is 5.32 Å². The number of ether oxygens (including phenoxy) is 2. The quantitative estimate of drug-likeness (QED) is 0.418. The molecule has 0 aliphatic carbocycles. The van der Waals surface area contributed by atoms with Crippen molar-refractivity contribution < 1.29 is 14.3 Å². The minimum absolute atomic E-state index is 0.0111. The highest BCUT2D eigenvalue weighted by Crippen LogP contribution is 2.17. The van der Waals surface area contributed by atoms with E-state index in [0.717, 1.165) is 29.7 Å². The maximum Gasteiger partial charge on any atom is 0.267 e. The number of nitrogens with zero attached hydrogens (tertiary/aromatic N) is 3. The number of rotatable bonds is 6. The summed E-state index contributed by atoms with van der Waals surface area (Å²) in [6.45, 7) is 3.20. The van der Waals surface area contributed by atoms with Crippen molar-refractivity contribution in [1.82, 2.24) is 19.3 Å². The number of pyridine rings is 2. The SMILES string of the molecule is COc1ccc(Cn2c(=N)c(C(=O)NC[C@H]3CCCO3)cc3c(=O)n4cccc(C)c4nc32)cc1. The first-order chi connectivity index (χ1) is 17.0. The summed E-state index contributed by atoms with van der Waals surface area (Å²) in [6.07, 6.45) is 3.49. The maximum atomic E-state index is 13.5. The summed E-state index contributed by atoms with van der Waals surface area (Å²) in [4.78, 5) is 31.4. The van der Waals surface area contributed by atoms with Gasteiger partial charge in [-0.25, -0.2) is 4.98 Å². The van der Waals surface area contributed by atoms with E-state index in [4.69, 9.17) is 19.9 Å². The van der Waals surface area contributed by atoms with E-state index in [9.17, 15) is 9.59 Å². The van der Waals surface area contributed by atoms with Gasteiger partial charge in [0.15, 0.2) is 0 Å². The number of amides is 1. The fourth-order valence-corrected chi connectivity index (χ4v) is 4.44. The van der Waals surface area contributed by atoms with Gasteiger partial charge in [-0.15, -0.1) is 0 Å². The van der Waals surface area contributed by atoms with Gasteiger partial charge in [-0.05, 0) is 55.2 Å². The van der Waals surface area contributed by atoms with Crippen molar-refractivity contribution >= 4 is 22.6 Å². The van der Waals surface area contributed by atoms with Gasteiger partial charge in [0.25, 0.3) is 11.5 Å². The number of aryl methyl sites for hydroxylation is 1. The predicted molar refractivity (Wildman–Crippen MR) is 131 cm³/mol. The van der Waals surface area contributed by atoms with Gasteiger partial charge >= 0.3 is 0 Å². The van der Waals surface area contributed by atoms with Crippen LogP contribution in [0.3, 0.4) is 0 Å². The van der Waals surface area contributed by atoms with Gasteiger partial charge in [0.05, 0.1) is 30.7 Å². The van der Waals surface area contributed by atoms with Crippen LogP contribution >= 0.6 is 0 Å². The van der Waals surface area contributed by atoms with Gasteiger partial charge in [-0.2, -0.15) is 0 Å². The lowest BCUT2D eigenvalue weighted by molar-refractivity contribution is 0.0856. The minimum atomic E-state index is -0.412. The lowest BCUT2D eigenvalue weighted by Crippen LogP contribution is -2.38. The largest absolute Gasteiger partial charge is 0.497 e. The maximum absolute atomic E-state index is 13.5. The summed E-state index contributed by atoms with van der Waals surface area (Å²) in [7, 11) is 1.60. The molecule has 9 nitrogen and oxygen atoms in total. The standard InChI is InChI=1S/C26H27N5O4/c1-16-5-3-11-30-23(16)29-24-21(26(30)33)13-20(25(32)28-14-19-6-4-12-35-19)22(27)31(24)15-17-7-9-18(34-2)10-8-17/h3,5,7-11,13,19,27H,4,6,12,14-15H2,1-2H3,(H,28,32)/t19-/m1/s1. The molecule has 2 N–H and O–H groups in total. The zero-order valence-electron chi connectivity index (χ0n) is 19.7. The second-order valence-corrected chi connectivity index (χ2v) is 8.72. The topological polar surface area (TPSA) is 111 Å². The first kappa shape index (κ1) is 22.8. The zero-order valence-corrected chi connectivity index (χ0v) is 19.7. The van der Waals surface area contributed by atoms with E-state index >= 15 is 0 Å². The van der Waals surface area contributed by atoms with E-state index in [1.807, 2.05) is 37.3 Å². The van der Waals surface area contributed by atoms with Crippen molar-refractivity contribution in [3.05, 3.63) is 81.2 Å². The number of fused-ring (bicyclic) bond motifs is 2. The fraction of sp³-hybridized carbons (Fsp3) is 0.308. The molecule has 1 atom stereocenters. The second-order valence-electron chi connectivity index (χ2n) is 8.72. The van der Waals surface area contributed by atoms with Crippen LogP contribution in [0.2, 0.25) is 0 Å². The highest BCUT2D eigenvalue weighted by atomic mass is 16.5. The molecular weight excluding hydrogens is 446 g/mol. The molecule has 0 bridgehead atoms. The van der Waals surface area contributed by atoms with Crippen LogP contribution in [-0.4, -0.2) is 46.2 Å². The van der Waals surface area contributed by atoms with Gasteiger partial charge in [0, 0.05) is 19.3 Å². The van der Waals surface area contributed by atoms with Crippen molar-refractivity contribution in [1.29, 1.82) is 5.41 Å². The van der Waals surface area contributed by atoms with Crippen LogP contribution in [0.1, 0.15) is 34.3 Å². The Kier molecular flexibility index (Phi) is 6.08. The second kappa shape index (κ2) is 9.34. The number of carbonyl (C=O) groups excluding carboxylic acids is 1. The molecule has 1 aliphatic rings. The van der Waals surface area contributed by atoms with Gasteiger partial charge < -0.3 is 19.4 Å². The summed E-state index contributed by atoms with van der Waals surface area (Å²) in [5.41, 5.74) is 2.43. The molecule has 180 valence electrons. The minimum Gasteiger partial charge on any atom is -0.497 e. The Balaban J connectivity index is 1.67. The lowest BCUT2D eigenvalue weighted by Gasteiger charge is -2.16. The first-order valence-electron chi connectivity index (χ1n) is 11.6. The third kappa shape index (κ3) is 4.30. The fourth-order valence-electron chi connectivity index (χ4n) is 4.44. The normalized spacial score (nSPS) is 15.5. The van der Waals surface area contributed by atoms with Crippen molar-refractivity contribution in [2.24, 2.45) is 0 Å². The summed E-state index contributed by atoms with van der Waals surface area (Å²) in [6, 6.07) is 12.6. The number of methoxy groups -OCH3 is 1. The molecule has 0 saturated carbocycles. The number of hydrogen-bond donors (Lipinski definition) is 2. The molecule has 1 amide bonds. The Hall–Kier alpha value is -3.98. The summed E-state index contributed by atoms with van der Waals surface area (Å²) in [5.74, 6) is 0.305. The van der Waals surface area contributed by atoms with Crippen LogP contribution < -0.4 is 21.1 Å². The van der Waals surface area contributed by atoms with E-state index in [0.29, 0.717) is 24.4 Å². The van der Waals surface area contributed by atoms with Crippen LogP contribution in [0.5, 0.6) is 5.75 Å². The van der Waals surface area contributed by atoms with Crippen LogP contribution in [0.4, 0.5) is 0 Å². The molecule has 4 heterocycles. The van der Waals surface area contributed by atoms with Crippen LogP contribution in [0.25, 0.3) is 16.7 Å². The zero-order chi connectivity index (χ0) is 24.5. The Morgan fingerprint density at radius 2 is 2.06 bits per heavy atom. The van der Waals surface area contributed by atoms with Crippen molar-refractivity contribution in [2.75, 3.05) is 20.3 Å². The van der Waals surface area contributed by atoms with E-state index in [-0.39, 0.29) is 34.6 Å². The van der Waals surface area contributed by atoms with Crippen LogP contribution in [-0.2, 0) is 11.3 Å². The Labute approximate surface area is 201 Å². The Morgan fingerprint density at radius 1 is 1.26 bits per heavy atom. The molecule has 3 aromatic heterocycles. The molecule has 1 aromatic carbocycles. The summed E-state index contributed by atoms with van der Waals surface area (Å²) < 4.78 is 13.9. The van der Waals surface area contributed by atoms with E-state index in [1.54, 1.807) is 23.9 Å². The Morgan fingerprint density at radius 3 is 2.77 bits per heavy atom. The monoisotopic (exact) mass is 473 g/mol. The molecule has 9 heteroatoms. The molecule has 1 fully saturated rings. The number of carbonyl (C=O) groups is 1. The number of aromatic nitrogens is 3. The third-order valence-corrected chi connectivity index (χ3v) is 6.39. The van der Waals surface area contributed by atoms with Crippen molar-refractivity contribution in [3.8, 4) is 5.75 Å². The predicted octanol–water partition coefficient (Wildman–Crippen LogP) is 2.40. The average molecular weight is 474 g/mol. The summed E-state index contributed by atoms with van der Waals surface area (Å²) >= 11 is 0. The first-order valence-corrected chi connectivity index (χ1v) is 11.6. The summed E-state index contributed by atoms with van der Waals surface area (Å²) in [5, 5.41) is 12.1. The van der Waals surface area contributed by atoms with Crippen LogP contribution in [0.15, 0.2) is 53.5 Å². The van der Waals surface area contributed by atoms with E-state index in [1.165, 1.54) is 10.5 Å². The van der Waals surface area contributed by atoms with Gasteiger partial charge in [-0.3, -0.25) is 19.4 Å². The smallest absolute Gasteiger partial charge is 0.267 e. The molecule has 35 heavy (non-hydrogen) atoms. The average Bonchev–Trinajstić information content (AvgIpc) is 3.39. The molecule has 1 aliphatic heterocycles. The lowest BCUT2D eigenvalue weighted by atomic mass is 10.1. The highest BCUT2D eigenvalue weighted by Gasteiger charge is 2.21. The molecule has 0 radical (unpaired) electrons. The van der Waals surface area contributed by atoms with Crippen molar-refractivity contribution in [2.45, 2.75) is 32.4 Å². The highest BCUT2D eigenvalue weighted by molar-refractivity contribution is 5.96. The van der Waals surface area contributed by atoms with Gasteiger partial charge in [0.2, 0.25) is 0 Å². The van der Waals surface area contributed by atoms with E-state index < -0.39 is 5.91 Å². The molecule has 5 rings (SSSR count). The third-order valence-electron chi connectivity index (χ3n) is 6.39. The number of benzene rings is 1. The van der Waals surface area contributed by atoms with Gasteiger partial charge in [0.1, 0.15) is 22.5 Å². The Bertz CT molecular complexity index is 1530. The van der Waals surface area contributed by atoms with Crippen LogP contribution in [0, 0.1) is 12.3 Å². The molecule has 0 spiro atoms. The molecular formula is C26H27N5O4. The van der Waals surface area contributed by atoms with Gasteiger partial charge in [-0.1, -0.05) is 18.2 Å². The van der Waals surface area contributed by atoms with Crippen molar-refractivity contribution in [3.63, 3.8) is 0 Å². The molecule has 4 aromatic rings. The molecule has 0 unspecified atom stereocenters. The number of nitrogens with one attached hydrogen (secondary N) is 2. The molecule has 1 saturated heterocycles. The number of hydrogen-bond acceptors (Lipinski definition) is 6.